The molecule has 39 heavy (non-hydrogen) atoms. The number of phosphoric ester groups is 1. The summed E-state index contributed by atoms with van der Waals surface area (Å²) in [5.74, 6) is 0.743. The minimum absolute atomic E-state index is 0.0114. The lowest BCUT2D eigenvalue weighted by Gasteiger charge is -2.28. The molecule has 2 unspecified atom stereocenters. The zero-order valence-corrected chi connectivity index (χ0v) is 26.4. The van der Waals surface area contributed by atoms with E-state index in [0.29, 0.717) is 30.3 Å². The van der Waals surface area contributed by atoms with Crippen LogP contribution in [-0.4, -0.2) is 62.2 Å². The van der Waals surface area contributed by atoms with Gasteiger partial charge >= 0.3 is 7.82 Å². The van der Waals surface area contributed by atoms with Crippen LogP contribution in [0.1, 0.15) is 103 Å². The highest BCUT2D eigenvalue weighted by Crippen LogP contribution is 2.44. The van der Waals surface area contributed by atoms with E-state index in [-0.39, 0.29) is 24.9 Å². The molecule has 0 fully saturated rings. The topological polar surface area (TPSA) is 82.1 Å². The summed E-state index contributed by atoms with van der Waals surface area (Å²) in [7, 11) is -0.110. The lowest BCUT2D eigenvalue weighted by molar-refractivity contribution is -0.888. The third kappa shape index (κ3) is 18.7. The second kappa shape index (κ2) is 20.6. The van der Waals surface area contributed by atoms with Crippen molar-refractivity contribution in [3.05, 3.63) is 29.8 Å². The number of Topliss-reactive ketones (excluding diaryl/α,β-unsaturated/α-hetero) is 1. The Kier molecular flexibility index (Phi) is 18.9. The van der Waals surface area contributed by atoms with Crippen molar-refractivity contribution in [3.8, 4) is 5.75 Å². The van der Waals surface area contributed by atoms with Gasteiger partial charge in [0.1, 0.15) is 24.7 Å². The van der Waals surface area contributed by atoms with Gasteiger partial charge in [0, 0.05) is 12.8 Å². The molecule has 0 aliphatic heterocycles. The zero-order valence-electron chi connectivity index (χ0n) is 25.5. The highest BCUT2D eigenvalue weighted by Gasteiger charge is 2.26. The number of rotatable bonds is 25. The molecular formula is C31H57NO6P+. The number of likely N-dealkylation sites (N-methyl/N-ethyl adjacent to an activating group) is 1. The highest BCUT2D eigenvalue weighted by molar-refractivity contribution is 7.47. The molecule has 0 aromatic heterocycles. The first-order chi connectivity index (χ1) is 18.6. The average Bonchev–Trinajstić information content (AvgIpc) is 2.91. The molecule has 7 nitrogen and oxygen atoms in total. The van der Waals surface area contributed by atoms with E-state index in [1.807, 2.05) is 45.3 Å². The highest BCUT2D eigenvalue weighted by atomic mass is 31.2. The molecule has 1 rings (SSSR count). The summed E-state index contributed by atoms with van der Waals surface area (Å²) < 4.78 is 29.5. The molecule has 0 spiro atoms. The molecule has 0 amide bonds. The summed E-state index contributed by atoms with van der Waals surface area (Å²) in [6.07, 6.45) is 14.3. The van der Waals surface area contributed by atoms with Crippen molar-refractivity contribution < 1.29 is 32.5 Å². The Labute approximate surface area is 238 Å². The smallest absolute Gasteiger partial charge is 0.472 e. The van der Waals surface area contributed by atoms with Crippen LogP contribution in [0.5, 0.6) is 5.75 Å². The van der Waals surface area contributed by atoms with E-state index < -0.39 is 7.82 Å². The molecule has 2 atom stereocenters. The number of unbranched alkanes of at least 4 members (excludes halogenated alkanes) is 9. The first kappa shape index (κ1) is 35.8. The van der Waals surface area contributed by atoms with E-state index >= 15 is 0 Å². The van der Waals surface area contributed by atoms with E-state index in [1.54, 1.807) is 0 Å². The van der Waals surface area contributed by atoms with Gasteiger partial charge in [0.05, 0.1) is 33.9 Å². The van der Waals surface area contributed by atoms with Crippen LogP contribution in [0, 0.1) is 5.92 Å². The Hall–Kier alpha value is -1.24. The number of phosphoric acid groups is 1. The van der Waals surface area contributed by atoms with Crippen LogP contribution in [0.15, 0.2) is 24.3 Å². The van der Waals surface area contributed by atoms with Gasteiger partial charge in [-0.15, -0.1) is 0 Å². The Morgan fingerprint density at radius 1 is 0.872 bits per heavy atom. The van der Waals surface area contributed by atoms with Gasteiger partial charge in [0.25, 0.3) is 0 Å². The molecule has 0 heterocycles. The van der Waals surface area contributed by atoms with Crippen molar-refractivity contribution in [1.29, 1.82) is 0 Å². The summed E-state index contributed by atoms with van der Waals surface area (Å²) >= 11 is 0. The van der Waals surface area contributed by atoms with Gasteiger partial charge in [-0.3, -0.25) is 13.8 Å². The molecule has 1 N–H and O–H groups in total. The second-order valence-electron chi connectivity index (χ2n) is 11.4. The number of benzene rings is 1. The maximum Gasteiger partial charge on any atom is 0.472 e. The Balaban J connectivity index is 2.41. The fourth-order valence-electron chi connectivity index (χ4n) is 4.29. The Morgan fingerprint density at radius 3 is 2.03 bits per heavy atom. The van der Waals surface area contributed by atoms with Crippen LogP contribution >= 0.6 is 7.82 Å². The van der Waals surface area contributed by atoms with Gasteiger partial charge in [-0.1, -0.05) is 83.8 Å². The van der Waals surface area contributed by atoms with Gasteiger partial charge < -0.3 is 14.1 Å². The van der Waals surface area contributed by atoms with Gasteiger partial charge in [0.15, 0.2) is 0 Å². The van der Waals surface area contributed by atoms with Crippen molar-refractivity contribution in [2.45, 2.75) is 104 Å². The molecule has 0 saturated heterocycles. The monoisotopic (exact) mass is 570 g/mol. The van der Waals surface area contributed by atoms with Crippen LogP contribution < -0.4 is 4.74 Å². The van der Waals surface area contributed by atoms with Crippen molar-refractivity contribution in [2.24, 2.45) is 5.92 Å². The summed E-state index contributed by atoms with van der Waals surface area (Å²) in [6.45, 7) is 8.48. The van der Waals surface area contributed by atoms with Crippen molar-refractivity contribution in [2.75, 3.05) is 47.0 Å². The lowest BCUT2D eigenvalue weighted by Crippen LogP contribution is -2.41. The third-order valence-corrected chi connectivity index (χ3v) is 8.39. The standard InChI is InChI=1S/C31H56NO6P/c1-6-9-10-11-12-13-14-15-16-17-23-36-31-20-18-28(19-21-31)25-29(26-30(33)7-2)27-38-39(34,35)37-24-22-32(4,5)8-3/h18-21,29H,6-17,22-27H2,1-5H3/p+1. The number of carbonyl (C=O) groups excluding carboxylic acids is 1. The quantitative estimate of drug-likeness (QED) is 0.0735. The molecule has 0 saturated carbocycles. The van der Waals surface area contributed by atoms with Crippen LogP contribution in [0.25, 0.3) is 0 Å². The number of nitrogens with zero attached hydrogens (tertiary/aromatic N) is 1. The normalized spacial score (nSPS) is 14.2. The van der Waals surface area contributed by atoms with E-state index in [1.165, 1.54) is 57.8 Å². The first-order valence-corrected chi connectivity index (χ1v) is 16.8. The van der Waals surface area contributed by atoms with Crippen LogP contribution in [0.4, 0.5) is 0 Å². The van der Waals surface area contributed by atoms with Gasteiger partial charge in [0.2, 0.25) is 0 Å². The van der Waals surface area contributed by atoms with Crippen LogP contribution in [0.2, 0.25) is 0 Å². The fraction of sp³-hybridized carbons (Fsp3) is 0.774. The SMILES string of the molecule is CCCCCCCCCCCCOc1ccc(CC(COP(=O)(O)OCC[N+](C)(C)CC)CC(=O)CC)cc1. The molecule has 0 radical (unpaired) electrons. The van der Waals surface area contributed by atoms with Gasteiger partial charge in [-0.05, 0) is 43.4 Å². The molecule has 0 bridgehead atoms. The molecule has 1 aromatic rings. The van der Waals surface area contributed by atoms with Gasteiger partial charge in [-0.25, -0.2) is 4.57 Å². The molecule has 0 aliphatic rings. The maximum absolute atomic E-state index is 12.4. The number of ether oxygens (including phenoxy) is 1. The molecule has 8 heteroatoms. The fourth-order valence-corrected chi connectivity index (χ4v) is 5.08. The van der Waals surface area contributed by atoms with Crippen molar-refractivity contribution >= 4 is 13.6 Å². The van der Waals surface area contributed by atoms with Gasteiger partial charge in [-0.2, -0.15) is 0 Å². The summed E-state index contributed by atoms with van der Waals surface area (Å²) in [4.78, 5) is 22.3. The number of ketones is 1. The largest absolute Gasteiger partial charge is 0.494 e. The van der Waals surface area contributed by atoms with Crippen molar-refractivity contribution in [3.63, 3.8) is 0 Å². The predicted molar refractivity (Wildman–Crippen MR) is 160 cm³/mol. The molecule has 226 valence electrons. The number of hydrogen-bond donors (Lipinski definition) is 1. The van der Waals surface area contributed by atoms with Crippen LogP contribution in [0.3, 0.4) is 0 Å². The lowest BCUT2D eigenvalue weighted by atomic mass is 9.94. The maximum atomic E-state index is 12.4. The molecule has 0 aliphatic carbocycles. The zero-order chi connectivity index (χ0) is 29.0. The van der Waals surface area contributed by atoms with E-state index in [4.69, 9.17) is 13.8 Å². The average molecular weight is 571 g/mol. The number of hydrogen-bond acceptors (Lipinski definition) is 5. The van der Waals surface area contributed by atoms with E-state index in [0.717, 1.165) is 30.9 Å². The first-order valence-electron chi connectivity index (χ1n) is 15.3. The van der Waals surface area contributed by atoms with Crippen molar-refractivity contribution in [1.82, 2.24) is 0 Å². The van der Waals surface area contributed by atoms with Crippen LogP contribution in [-0.2, 0) is 24.8 Å². The molecule has 1 aromatic carbocycles. The summed E-state index contributed by atoms with van der Waals surface area (Å²) in [6, 6.07) is 7.91. The predicted octanol–water partition coefficient (Wildman–Crippen LogP) is 7.74. The minimum atomic E-state index is -4.18. The molecular weight excluding hydrogens is 513 g/mol. The summed E-state index contributed by atoms with van der Waals surface area (Å²) in [5.41, 5.74) is 1.04. The minimum Gasteiger partial charge on any atom is -0.494 e. The number of quaternary nitrogens is 1. The second-order valence-corrected chi connectivity index (χ2v) is 12.9. The van der Waals surface area contributed by atoms with E-state index in [9.17, 15) is 14.3 Å². The van der Waals surface area contributed by atoms with E-state index in [2.05, 4.69) is 13.8 Å². The third-order valence-electron chi connectivity index (χ3n) is 7.41. The number of carbonyl (C=O) groups is 1. The summed E-state index contributed by atoms with van der Waals surface area (Å²) in [5, 5.41) is 0. The Bertz CT molecular complexity index is 814. The Morgan fingerprint density at radius 2 is 1.46 bits per heavy atom.